The minimum Gasteiger partial charge on any atom is -0.497 e. The molecule has 4 rings (SSSR count). The van der Waals surface area contributed by atoms with E-state index in [4.69, 9.17) is 21.1 Å². The van der Waals surface area contributed by atoms with Gasteiger partial charge in [-0.05, 0) is 86.2 Å². The zero-order valence-electron chi connectivity index (χ0n) is 24.6. The molecule has 0 saturated carbocycles. The van der Waals surface area contributed by atoms with Gasteiger partial charge in [0.1, 0.15) is 17.2 Å². The predicted octanol–water partition coefficient (Wildman–Crippen LogP) is 7.19. The van der Waals surface area contributed by atoms with E-state index in [1.54, 1.807) is 85.8 Å². The number of methoxy groups -OCH3 is 2. The van der Waals surface area contributed by atoms with Gasteiger partial charge < -0.3 is 25.4 Å². The van der Waals surface area contributed by atoms with Gasteiger partial charge in [-0.3, -0.25) is 14.4 Å². The lowest BCUT2D eigenvalue weighted by Gasteiger charge is -2.15. The van der Waals surface area contributed by atoms with Crippen LogP contribution in [0.25, 0.3) is 6.08 Å². The first-order valence-electron chi connectivity index (χ1n) is 13.6. The van der Waals surface area contributed by atoms with E-state index in [-0.39, 0.29) is 11.6 Å². The average Bonchev–Trinajstić information content (AvgIpc) is 3.02. The number of anilines is 2. The van der Waals surface area contributed by atoms with Crippen molar-refractivity contribution in [2.45, 2.75) is 24.0 Å². The fraction of sp³-hybridized carbons (Fsp3) is 0.147. The van der Waals surface area contributed by atoms with Gasteiger partial charge in [-0.25, -0.2) is 0 Å². The first-order valence-corrected chi connectivity index (χ1v) is 14.9. The van der Waals surface area contributed by atoms with Crippen LogP contribution in [0.15, 0.2) is 102 Å². The molecular formula is C34H32ClN3O5S. The van der Waals surface area contributed by atoms with Crippen molar-refractivity contribution in [1.82, 2.24) is 5.32 Å². The lowest BCUT2D eigenvalue weighted by atomic mass is 10.1. The largest absolute Gasteiger partial charge is 0.497 e. The van der Waals surface area contributed by atoms with Crippen LogP contribution in [0.4, 0.5) is 11.4 Å². The summed E-state index contributed by atoms with van der Waals surface area (Å²) in [4.78, 5) is 40.3. The summed E-state index contributed by atoms with van der Waals surface area (Å²) in [5.41, 5.74) is 2.95. The third-order valence-corrected chi connectivity index (χ3v) is 7.83. The first-order chi connectivity index (χ1) is 21.2. The molecule has 0 heterocycles. The topological polar surface area (TPSA) is 106 Å². The average molecular weight is 630 g/mol. The van der Waals surface area contributed by atoms with Crippen molar-refractivity contribution in [2.24, 2.45) is 0 Å². The van der Waals surface area contributed by atoms with Gasteiger partial charge in [0.25, 0.3) is 11.8 Å². The summed E-state index contributed by atoms with van der Waals surface area (Å²) in [6.07, 6.45) is 1.53. The molecule has 0 aliphatic rings. The highest BCUT2D eigenvalue weighted by Gasteiger charge is 2.19. The third-order valence-electron chi connectivity index (χ3n) is 6.50. The van der Waals surface area contributed by atoms with Crippen molar-refractivity contribution in [3.05, 3.63) is 118 Å². The molecule has 1 unspecified atom stereocenters. The highest BCUT2D eigenvalue weighted by atomic mass is 35.5. The summed E-state index contributed by atoms with van der Waals surface area (Å²) in [5, 5.41) is 8.60. The molecule has 44 heavy (non-hydrogen) atoms. The van der Waals surface area contributed by atoms with Crippen molar-refractivity contribution in [3.63, 3.8) is 0 Å². The number of thioether (sulfide) groups is 1. The number of amides is 3. The van der Waals surface area contributed by atoms with Gasteiger partial charge in [0.15, 0.2) is 0 Å². The van der Waals surface area contributed by atoms with E-state index in [9.17, 15) is 14.4 Å². The zero-order chi connectivity index (χ0) is 31.6. The van der Waals surface area contributed by atoms with Gasteiger partial charge in [-0.15, -0.1) is 11.8 Å². The number of hydrogen-bond donors (Lipinski definition) is 3. The van der Waals surface area contributed by atoms with Crippen LogP contribution in [0, 0.1) is 6.92 Å². The lowest BCUT2D eigenvalue weighted by molar-refractivity contribution is -0.115. The maximum absolute atomic E-state index is 13.6. The van der Waals surface area contributed by atoms with E-state index in [2.05, 4.69) is 16.0 Å². The molecule has 0 fully saturated rings. The van der Waals surface area contributed by atoms with Crippen LogP contribution in [-0.2, 0) is 9.59 Å². The summed E-state index contributed by atoms with van der Waals surface area (Å²) in [7, 11) is 3.05. The predicted molar refractivity (Wildman–Crippen MR) is 177 cm³/mol. The molecule has 3 amide bonds. The fourth-order valence-corrected chi connectivity index (χ4v) is 5.22. The van der Waals surface area contributed by atoms with E-state index < -0.39 is 17.1 Å². The Morgan fingerprint density at radius 3 is 2.36 bits per heavy atom. The monoisotopic (exact) mass is 629 g/mol. The molecular weight excluding hydrogens is 598 g/mol. The van der Waals surface area contributed by atoms with E-state index in [0.717, 1.165) is 10.5 Å². The molecule has 0 aliphatic carbocycles. The highest BCUT2D eigenvalue weighted by molar-refractivity contribution is 8.00. The molecule has 0 saturated heterocycles. The Kier molecular flexibility index (Phi) is 11.1. The Morgan fingerprint density at radius 1 is 0.864 bits per heavy atom. The Labute approximate surface area is 265 Å². The van der Waals surface area contributed by atoms with E-state index in [1.165, 1.54) is 32.1 Å². The maximum atomic E-state index is 13.6. The molecule has 0 aliphatic heterocycles. The number of benzene rings is 4. The second-order valence-corrected chi connectivity index (χ2v) is 11.5. The van der Waals surface area contributed by atoms with E-state index in [0.29, 0.717) is 39.0 Å². The summed E-state index contributed by atoms with van der Waals surface area (Å²) in [6, 6.07) is 26.2. The number of nitrogens with one attached hydrogen (secondary N) is 3. The third kappa shape index (κ3) is 8.65. The highest BCUT2D eigenvalue weighted by Crippen LogP contribution is 2.29. The number of aryl methyl sites for hydroxylation is 1. The number of hydrogen-bond acceptors (Lipinski definition) is 6. The minimum absolute atomic E-state index is 0.00639. The molecule has 3 N–H and O–H groups in total. The van der Waals surface area contributed by atoms with Crippen LogP contribution in [-0.4, -0.2) is 37.2 Å². The lowest BCUT2D eigenvalue weighted by Crippen LogP contribution is -2.30. The summed E-state index contributed by atoms with van der Waals surface area (Å²) < 4.78 is 10.8. The van der Waals surface area contributed by atoms with Crippen LogP contribution < -0.4 is 25.4 Å². The van der Waals surface area contributed by atoms with Crippen molar-refractivity contribution in [1.29, 1.82) is 0 Å². The summed E-state index contributed by atoms with van der Waals surface area (Å²) in [5.74, 6) is -0.143. The van der Waals surface area contributed by atoms with Crippen molar-refractivity contribution in [2.75, 3.05) is 24.9 Å². The molecule has 8 nitrogen and oxygen atoms in total. The number of carbonyl (C=O) groups is 3. The number of halogens is 1. The standard InChI is InChI=1S/C34H32ClN3O5S/c1-21-13-14-25(35)19-29(21)37-32(39)22(2)44-28-12-8-11-26(20-28)36-34(41)30(38-33(40)23-9-6-5-7-10-23)18-24-17-27(42-3)15-16-31(24)43-4/h5-20,22H,1-4H3,(H,36,41)(H,37,39)(H,38,40)/b30-18+. The van der Waals surface area contributed by atoms with Crippen molar-refractivity contribution >= 4 is 58.5 Å². The van der Waals surface area contributed by atoms with Gasteiger partial charge in [0.05, 0.1) is 19.5 Å². The molecule has 0 aromatic heterocycles. The van der Waals surface area contributed by atoms with Gasteiger partial charge in [-0.2, -0.15) is 0 Å². The number of ether oxygens (including phenoxy) is 2. The summed E-state index contributed by atoms with van der Waals surface area (Å²) >= 11 is 7.43. The molecule has 4 aromatic rings. The van der Waals surface area contributed by atoms with Crippen LogP contribution in [0.2, 0.25) is 5.02 Å². The van der Waals surface area contributed by atoms with E-state index in [1.807, 2.05) is 19.1 Å². The van der Waals surface area contributed by atoms with Crippen molar-refractivity contribution < 1.29 is 23.9 Å². The van der Waals surface area contributed by atoms with Gasteiger partial charge in [0, 0.05) is 32.4 Å². The van der Waals surface area contributed by atoms with Gasteiger partial charge in [-0.1, -0.05) is 41.9 Å². The van der Waals surface area contributed by atoms with E-state index >= 15 is 0 Å². The SMILES string of the molecule is COc1ccc(OC)c(/C=C(/NC(=O)c2ccccc2)C(=O)Nc2cccc(SC(C)C(=O)Nc3cc(Cl)ccc3C)c2)c1. The van der Waals surface area contributed by atoms with Gasteiger partial charge in [0.2, 0.25) is 5.91 Å². The molecule has 0 bridgehead atoms. The second-order valence-electron chi connectivity index (χ2n) is 9.68. The molecule has 226 valence electrons. The molecule has 4 aromatic carbocycles. The molecule has 0 spiro atoms. The Hall–Kier alpha value is -4.73. The zero-order valence-corrected chi connectivity index (χ0v) is 26.2. The Balaban J connectivity index is 1.54. The van der Waals surface area contributed by atoms with Crippen LogP contribution in [0.1, 0.15) is 28.4 Å². The van der Waals surface area contributed by atoms with Gasteiger partial charge >= 0.3 is 0 Å². The molecule has 10 heteroatoms. The van der Waals surface area contributed by atoms with Crippen molar-refractivity contribution in [3.8, 4) is 11.5 Å². The normalized spacial score (nSPS) is 11.7. The maximum Gasteiger partial charge on any atom is 0.272 e. The smallest absolute Gasteiger partial charge is 0.272 e. The van der Waals surface area contributed by atoms with Crippen LogP contribution in [0.5, 0.6) is 11.5 Å². The van der Waals surface area contributed by atoms with Crippen LogP contribution in [0.3, 0.4) is 0 Å². The minimum atomic E-state index is -0.552. The molecule has 0 radical (unpaired) electrons. The quantitative estimate of drug-likeness (QED) is 0.120. The Morgan fingerprint density at radius 2 is 1.64 bits per heavy atom. The molecule has 1 atom stereocenters. The first kappa shape index (κ1) is 32.2. The summed E-state index contributed by atoms with van der Waals surface area (Å²) in [6.45, 7) is 3.69. The number of rotatable bonds is 11. The second kappa shape index (κ2) is 15.1. The fourth-order valence-electron chi connectivity index (χ4n) is 4.12. The Bertz CT molecular complexity index is 1690. The van der Waals surface area contributed by atoms with Crippen LogP contribution >= 0.6 is 23.4 Å². The number of carbonyl (C=O) groups excluding carboxylic acids is 3.